The predicted octanol–water partition coefficient (Wildman–Crippen LogP) is 6.38. The Bertz CT molecular complexity index is 1150. The number of aromatic nitrogens is 1. The standard InChI is InChI=1S/C28H36N3/c1-19(2)29-13-14-30(22(29)5)26-16-25(28(6,7)8)17-27(21(26)4)31-18-24-12-10-9-11-23(24)15-20(31)3/h9-19,22H,1-8H3/q+1/t22-/m1/s1. The van der Waals surface area contributed by atoms with Crippen LogP contribution in [0.4, 0.5) is 5.69 Å². The number of pyridine rings is 1. The van der Waals surface area contributed by atoms with E-state index in [-0.39, 0.29) is 5.41 Å². The number of nitrogens with zero attached hydrogens (tertiary/aromatic N) is 3. The lowest BCUT2D eigenvalue weighted by atomic mass is 9.85. The highest BCUT2D eigenvalue weighted by atomic mass is 15.4. The minimum Gasteiger partial charge on any atom is -0.353 e. The lowest BCUT2D eigenvalue weighted by Gasteiger charge is -2.34. The molecule has 0 radical (unpaired) electrons. The molecule has 0 bridgehead atoms. The third-order valence-electron chi connectivity index (χ3n) is 6.59. The summed E-state index contributed by atoms with van der Waals surface area (Å²) in [5, 5.41) is 2.54. The third kappa shape index (κ3) is 3.82. The van der Waals surface area contributed by atoms with E-state index in [1.807, 2.05) is 0 Å². The van der Waals surface area contributed by atoms with Gasteiger partial charge in [-0.25, -0.2) is 0 Å². The molecule has 2 aromatic carbocycles. The molecule has 3 nitrogen and oxygen atoms in total. The highest BCUT2D eigenvalue weighted by molar-refractivity contribution is 5.81. The maximum Gasteiger partial charge on any atom is 0.216 e. The maximum atomic E-state index is 2.42. The van der Waals surface area contributed by atoms with Crippen molar-refractivity contribution in [2.45, 2.75) is 73.0 Å². The molecular weight excluding hydrogens is 378 g/mol. The Morgan fingerprint density at radius 1 is 0.935 bits per heavy atom. The zero-order valence-electron chi connectivity index (χ0n) is 20.3. The van der Waals surface area contributed by atoms with Crippen molar-refractivity contribution < 1.29 is 4.57 Å². The van der Waals surface area contributed by atoms with Gasteiger partial charge in [0.2, 0.25) is 5.69 Å². The molecule has 0 unspecified atom stereocenters. The van der Waals surface area contributed by atoms with E-state index in [2.05, 4.69) is 131 Å². The second-order valence-corrected chi connectivity index (χ2v) is 10.2. The molecule has 31 heavy (non-hydrogen) atoms. The van der Waals surface area contributed by atoms with Gasteiger partial charge in [-0.15, -0.1) is 0 Å². The molecule has 162 valence electrons. The largest absolute Gasteiger partial charge is 0.353 e. The van der Waals surface area contributed by atoms with E-state index in [0.29, 0.717) is 12.2 Å². The van der Waals surface area contributed by atoms with Crippen LogP contribution in [0.25, 0.3) is 16.5 Å². The SMILES string of the molecule is Cc1c(N2C=CN(C(C)C)[C@H]2C)cc(C(C)(C)C)cc1-[n+]1cc2ccccc2cc1C. The Labute approximate surface area is 187 Å². The van der Waals surface area contributed by atoms with Gasteiger partial charge in [-0.05, 0) is 56.2 Å². The molecular formula is C28H36N3+. The predicted molar refractivity (Wildman–Crippen MR) is 132 cm³/mol. The molecule has 1 atom stereocenters. The second-order valence-electron chi connectivity index (χ2n) is 10.2. The van der Waals surface area contributed by atoms with Crippen LogP contribution in [-0.2, 0) is 5.41 Å². The van der Waals surface area contributed by atoms with Gasteiger partial charge in [0.25, 0.3) is 0 Å². The van der Waals surface area contributed by atoms with Gasteiger partial charge in [-0.2, -0.15) is 4.57 Å². The summed E-state index contributed by atoms with van der Waals surface area (Å²) in [4.78, 5) is 4.84. The van der Waals surface area contributed by atoms with Crippen LogP contribution in [0.3, 0.4) is 0 Å². The Kier molecular flexibility index (Phi) is 5.33. The van der Waals surface area contributed by atoms with E-state index < -0.39 is 0 Å². The molecule has 0 N–H and O–H groups in total. The molecule has 0 fully saturated rings. The lowest BCUT2D eigenvalue weighted by Crippen LogP contribution is -2.41. The van der Waals surface area contributed by atoms with E-state index in [4.69, 9.17) is 0 Å². The minimum absolute atomic E-state index is 0.0624. The van der Waals surface area contributed by atoms with Crippen molar-refractivity contribution in [2.24, 2.45) is 0 Å². The average Bonchev–Trinajstić information content (AvgIpc) is 3.08. The molecule has 3 aromatic rings. The monoisotopic (exact) mass is 414 g/mol. The van der Waals surface area contributed by atoms with Crippen molar-refractivity contribution in [3.8, 4) is 5.69 Å². The summed E-state index contributed by atoms with van der Waals surface area (Å²) in [6, 6.07) is 16.1. The summed E-state index contributed by atoms with van der Waals surface area (Å²) in [7, 11) is 0. The van der Waals surface area contributed by atoms with E-state index >= 15 is 0 Å². The lowest BCUT2D eigenvalue weighted by molar-refractivity contribution is -0.601. The number of aryl methyl sites for hydroxylation is 1. The van der Waals surface area contributed by atoms with Crippen molar-refractivity contribution in [3.63, 3.8) is 0 Å². The first-order chi connectivity index (χ1) is 14.6. The van der Waals surface area contributed by atoms with Gasteiger partial charge >= 0.3 is 0 Å². The number of benzene rings is 2. The van der Waals surface area contributed by atoms with Crippen LogP contribution in [0.5, 0.6) is 0 Å². The molecule has 0 spiro atoms. The zero-order valence-corrected chi connectivity index (χ0v) is 20.3. The normalized spacial score (nSPS) is 16.7. The van der Waals surface area contributed by atoms with Crippen molar-refractivity contribution in [2.75, 3.05) is 4.90 Å². The quantitative estimate of drug-likeness (QED) is 0.460. The fourth-order valence-electron chi connectivity index (χ4n) is 4.62. The van der Waals surface area contributed by atoms with Crippen molar-refractivity contribution in [1.82, 2.24) is 4.90 Å². The van der Waals surface area contributed by atoms with Gasteiger partial charge < -0.3 is 9.80 Å². The number of rotatable bonds is 3. The summed E-state index contributed by atoms with van der Waals surface area (Å²) in [5.74, 6) is 0. The second kappa shape index (κ2) is 7.71. The van der Waals surface area contributed by atoms with E-state index in [0.717, 1.165) is 0 Å². The smallest absolute Gasteiger partial charge is 0.216 e. The van der Waals surface area contributed by atoms with Crippen LogP contribution >= 0.6 is 0 Å². The molecule has 1 aliphatic rings. The first-order valence-electron chi connectivity index (χ1n) is 11.4. The molecule has 4 rings (SSSR count). The highest BCUT2D eigenvalue weighted by Gasteiger charge is 2.30. The first-order valence-corrected chi connectivity index (χ1v) is 11.4. The zero-order chi connectivity index (χ0) is 22.5. The summed E-state index contributed by atoms with van der Waals surface area (Å²) in [6.07, 6.45) is 7.05. The Hall–Kier alpha value is -2.81. The average molecular weight is 415 g/mol. The number of hydrogen-bond donors (Lipinski definition) is 0. The highest BCUT2D eigenvalue weighted by Crippen LogP contribution is 2.35. The Balaban J connectivity index is 1.93. The van der Waals surface area contributed by atoms with Crippen molar-refractivity contribution in [3.05, 3.63) is 77.9 Å². The fraction of sp³-hybridized carbons (Fsp3) is 0.393. The van der Waals surface area contributed by atoms with Crippen molar-refractivity contribution >= 4 is 16.5 Å². The minimum atomic E-state index is 0.0624. The molecule has 0 aliphatic carbocycles. The van der Waals surface area contributed by atoms with Gasteiger partial charge in [0.1, 0.15) is 6.17 Å². The fourth-order valence-corrected chi connectivity index (χ4v) is 4.62. The van der Waals surface area contributed by atoms with Gasteiger partial charge in [0.15, 0.2) is 11.9 Å². The molecule has 1 aliphatic heterocycles. The van der Waals surface area contributed by atoms with Crippen LogP contribution in [0.15, 0.2) is 61.1 Å². The maximum absolute atomic E-state index is 2.42. The molecule has 2 heterocycles. The topological polar surface area (TPSA) is 10.4 Å². The van der Waals surface area contributed by atoms with Crippen LogP contribution in [0, 0.1) is 13.8 Å². The third-order valence-corrected chi connectivity index (χ3v) is 6.59. The van der Waals surface area contributed by atoms with Gasteiger partial charge in [0, 0.05) is 48.4 Å². The molecule has 0 saturated heterocycles. The van der Waals surface area contributed by atoms with E-state index in [1.165, 1.54) is 39.0 Å². The van der Waals surface area contributed by atoms with Crippen LogP contribution in [0.1, 0.15) is 58.4 Å². The Morgan fingerprint density at radius 3 is 2.23 bits per heavy atom. The summed E-state index contributed by atoms with van der Waals surface area (Å²) >= 11 is 0. The summed E-state index contributed by atoms with van der Waals surface area (Å²) < 4.78 is 2.36. The van der Waals surface area contributed by atoms with E-state index in [1.54, 1.807) is 0 Å². The first kappa shape index (κ1) is 21.4. The molecule has 1 aromatic heterocycles. The molecule has 3 heteroatoms. The number of fused-ring (bicyclic) bond motifs is 1. The van der Waals surface area contributed by atoms with Crippen LogP contribution < -0.4 is 9.47 Å². The van der Waals surface area contributed by atoms with Gasteiger partial charge in [-0.1, -0.05) is 39.0 Å². The number of anilines is 1. The summed E-state index contributed by atoms with van der Waals surface area (Å²) in [6.45, 7) is 18.2. The molecule has 0 amide bonds. The van der Waals surface area contributed by atoms with Crippen LogP contribution in [-0.4, -0.2) is 17.1 Å². The van der Waals surface area contributed by atoms with E-state index in [9.17, 15) is 0 Å². The summed E-state index contributed by atoms with van der Waals surface area (Å²) in [5.41, 5.74) is 6.51. The Morgan fingerprint density at radius 2 is 1.61 bits per heavy atom. The van der Waals surface area contributed by atoms with Crippen LogP contribution in [0.2, 0.25) is 0 Å². The van der Waals surface area contributed by atoms with Gasteiger partial charge in [-0.3, -0.25) is 0 Å². The number of hydrogen-bond acceptors (Lipinski definition) is 2. The molecule has 0 saturated carbocycles. The van der Waals surface area contributed by atoms with Gasteiger partial charge in [0.05, 0.1) is 5.69 Å². The van der Waals surface area contributed by atoms with Crippen molar-refractivity contribution in [1.29, 1.82) is 0 Å².